The number of rotatable bonds is 5. The summed E-state index contributed by atoms with van der Waals surface area (Å²) in [6.07, 6.45) is 4.16. The summed E-state index contributed by atoms with van der Waals surface area (Å²) in [7, 11) is 0. The lowest BCUT2D eigenvalue weighted by molar-refractivity contribution is -0.136. The van der Waals surface area contributed by atoms with Crippen LogP contribution in [0.1, 0.15) is 64.9 Å². The van der Waals surface area contributed by atoms with Crippen LogP contribution >= 0.6 is 0 Å². The fourth-order valence-corrected chi connectivity index (χ4v) is 5.48. The number of likely N-dealkylation sites (tertiary alicyclic amines) is 1. The molecular formula is C27H38N4O6. The van der Waals surface area contributed by atoms with Crippen molar-refractivity contribution in [3.05, 3.63) is 23.8 Å². The smallest absolute Gasteiger partial charge is 0.410 e. The monoisotopic (exact) mass is 514 g/mol. The van der Waals surface area contributed by atoms with Gasteiger partial charge in [-0.15, -0.1) is 0 Å². The standard InChI is InChI=1S/C27H38N4O6/c1-26(2,3)37-25(36)31-14-10-27(11-15-31)8-12-30(13-9-27)19-4-5-20(18(16-19)17-23(33)34)28-21-6-7-22(32)29-24(21)35/h4-5,16,21,28H,6-15,17H2,1-3H3,(H,33,34)(H,29,32,35). The molecule has 3 aliphatic heterocycles. The number of ether oxygens (including phenoxy) is 1. The third-order valence-electron chi connectivity index (χ3n) is 7.66. The Bertz CT molecular complexity index is 1050. The predicted octanol–water partition coefficient (Wildman–Crippen LogP) is 3.15. The van der Waals surface area contributed by atoms with Crippen LogP contribution in [0.25, 0.3) is 0 Å². The van der Waals surface area contributed by atoms with Crippen LogP contribution in [0.4, 0.5) is 16.2 Å². The molecule has 3 aliphatic rings. The summed E-state index contributed by atoms with van der Waals surface area (Å²) >= 11 is 0. The molecule has 3 amide bonds. The molecule has 1 unspecified atom stereocenters. The van der Waals surface area contributed by atoms with Crippen LogP contribution in [0, 0.1) is 5.41 Å². The highest BCUT2D eigenvalue weighted by Gasteiger charge is 2.39. The Balaban J connectivity index is 1.37. The summed E-state index contributed by atoms with van der Waals surface area (Å²) in [5.74, 6) is -1.62. The van der Waals surface area contributed by atoms with E-state index in [-0.39, 0.29) is 36.2 Å². The van der Waals surface area contributed by atoms with Crippen molar-refractivity contribution in [3.63, 3.8) is 0 Å². The highest BCUT2D eigenvalue weighted by Crippen LogP contribution is 2.42. The van der Waals surface area contributed by atoms with Gasteiger partial charge in [0.2, 0.25) is 11.8 Å². The molecule has 3 saturated heterocycles. The van der Waals surface area contributed by atoms with Gasteiger partial charge in [-0.25, -0.2) is 4.79 Å². The Morgan fingerprint density at radius 3 is 2.35 bits per heavy atom. The molecule has 0 aromatic heterocycles. The van der Waals surface area contributed by atoms with E-state index in [4.69, 9.17) is 4.74 Å². The number of piperidine rings is 3. The zero-order valence-corrected chi connectivity index (χ0v) is 22.0. The fourth-order valence-electron chi connectivity index (χ4n) is 5.48. The van der Waals surface area contributed by atoms with Crippen molar-refractivity contribution in [2.45, 2.75) is 77.4 Å². The van der Waals surface area contributed by atoms with E-state index in [9.17, 15) is 24.3 Å². The Hall–Kier alpha value is -3.30. The van der Waals surface area contributed by atoms with Crippen LogP contribution in [0.3, 0.4) is 0 Å². The highest BCUT2D eigenvalue weighted by molar-refractivity contribution is 6.01. The van der Waals surface area contributed by atoms with Gasteiger partial charge in [0.15, 0.2) is 0 Å². The highest BCUT2D eigenvalue weighted by atomic mass is 16.6. The molecule has 10 heteroatoms. The van der Waals surface area contributed by atoms with Crippen LogP contribution in [-0.2, 0) is 25.5 Å². The average molecular weight is 515 g/mol. The van der Waals surface area contributed by atoms with E-state index < -0.39 is 17.6 Å². The van der Waals surface area contributed by atoms with Gasteiger partial charge in [-0.1, -0.05) is 0 Å². The van der Waals surface area contributed by atoms with E-state index in [1.54, 1.807) is 0 Å². The van der Waals surface area contributed by atoms with Crippen LogP contribution < -0.4 is 15.5 Å². The minimum absolute atomic E-state index is 0.165. The molecule has 4 rings (SSSR count). The maximum absolute atomic E-state index is 12.4. The molecule has 3 heterocycles. The zero-order valence-electron chi connectivity index (χ0n) is 22.0. The molecule has 3 fully saturated rings. The second-order valence-corrected chi connectivity index (χ2v) is 11.5. The summed E-state index contributed by atoms with van der Waals surface area (Å²) in [4.78, 5) is 51.7. The minimum Gasteiger partial charge on any atom is -0.481 e. The topological polar surface area (TPSA) is 128 Å². The molecule has 0 radical (unpaired) electrons. The number of carbonyl (C=O) groups excluding carboxylic acids is 3. The summed E-state index contributed by atoms with van der Waals surface area (Å²) in [6, 6.07) is 5.12. The van der Waals surface area contributed by atoms with Gasteiger partial charge in [-0.3, -0.25) is 19.7 Å². The molecule has 1 aromatic carbocycles. The minimum atomic E-state index is -0.946. The number of carboxylic acids is 1. The maximum Gasteiger partial charge on any atom is 0.410 e. The number of imide groups is 1. The van der Waals surface area contributed by atoms with Crippen LogP contribution in [-0.4, -0.2) is 71.7 Å². The number of benzene rings is 1. The fraction of sp³-hybridized carbons (Fsp3) is 0.630. The quantitative estimate of drug-likeness (QED) is 0.511. The normalized spacial score (nSPS) is 22.0. The lowest BCUT2D eigenvalue weighted by Crippen LogP contribution is -2.49. The lowest BCUT2D eigenvalue weighted by atomic mass is 9.71. The third-order valence-corrected chi connectivity index (χ3v) is 7.66. The van der Waals surface area contributed by atoms with Gasteiger partial charge in [0.1, 0.15) is 11.6 Å². The molecule has 0 bridgehead atoms. The molecule has 10 nitrogen and oxygen atoms in total. The van der Waals surface area contributed by atoms with E-state index in [0.717, 1.165) is 44.5 Å². The first-order chi connectivity index (χ1) is 17.4. The van der Waals surface area contributed by atoms with Gasteiger partial charge in [0.25, 0.3) is 0 Å². The van der Waals surface area contributed by atoms with Gasteiger partial charge < -0.3 is 25.0 Å². The second kappa shape index (κ2) is 10.6. The Labute approximate surface area is 217 Å². The second-order valence-electron chi connectivity index (χ2n) is 11.5. The molecule has 1 spiro atoms. The Kier molecular flexibility index (Phi) is 7.66. The summed E-state index contributed by atoms with van der Waals surface area (Å²) in [5, 5.41) is 14.9. The number of nitrogens with one attached hydrogen (secondary N) is 2. The van der Waals surface area contributed by atoms with E-state index in [0.29, 0.717) is 30.8 Å². The third kappa shape index (κ3) is 6.72. The van der Waals surface area contributed by atoms with Crippen molar-refractivity contribution in [1.29, 1.82) is 0 Å². The molecule has 37 heavy (non-hydrogen) atoms. The number of aliphatic carboxylic acids is 1. The number of anilines is 2. The van der Waals surface area contributed by atoms with E-state index in [1.807, 2.05) is 43.9 Å². The van der Waals surface area contributed by atoms with Gasteiger partial charge in [0.05, 0.1) is 6.42 Å². The van der Waals surface area contributed by atoms with Crippen molar-refractivity contribution >= 4 is 35.3 Å². The molecule has 3 N–H and O–H groups in total. The first-order valence-electron chi connectivity index (χ1n) is 13.1. The van der Waals surface area contributed by atoms with Gasteiger partial charge >= 0.3 is 12.1 Å². The molecular weight excluding hydrogens is 476 g/mol. The van der Waals surface area contributed by atoms with Gasteiger partial charge in [-0.2, -0.15) is 0 Å². The molecule has 1 aromatic rings. The lowest BCUT2D eigenvalue weighted by Gasteiger charge is -2.47. The zero-order chi connectivity index (χ0) is 26.8. The number of hydrogen-bond donors (Lipinski definition) is 3. The van der Waals surface area contributed by atoms with Crippen LogP contribution in [0.5, 0.6) is 0 Å². The maximum atomic E-state index is 12.4. The van der Waals surface area contributed by atoms with Crippen molar-refractivity contribution in [2.75, 3.05) is 36.4 Å². The first kappa shape index (κ1) is 26.8. The average Bonchev–Trinajstić information content (AvgIpc) is 2.81. The van der Waals surface area contributed by atoms with Gasteiger partial charge in [0, 0.05) is 44.0 Å². The predicted molar refractivity (Wildman–Crippen MR) is 138 cm³/mol. The van der Waals surface area contributed by atoms with E-state index in [2.05, 4.69) is 15.5 Å². The van der Waals surface area contributed by atoms with Crippen LogP contribution in [0.15, 0.2) is 18.2 Å². The van der Waals surface area contributed by atoms with Crippen molar-refractivity contribution < 1.29 is 29.0 Å². The number of nitrogens with zero attached hydrogens (tertiary/aromatic N) is 2. The number of hydrogen-bond acceptors (Lipinski definition) is 7. The molecule has 0 saturated carbocycles. The Morgan fingerprint density at radius 2 is 1.76 bits per heavy atom. The summed E-state index contributed by atoms with van der Waals surface area (Å²) in [5.41, 5.74) is 1.89. The molecule has 1 atom stereocenters. The van der Waals surface area contributed by atoms with Crippen LogP contribution in [0.2, 0.25) is 0 Å². The number of amides is 3. The summed E-state index contributed by atoms with van der Waals surface area (Å²) < 4.78 is 5.53. The largest absolute Gasteiger partial charge is 0.481 e. The number of carbonyl (C=O) groups is 4. The Morgan fingerprint density at radius 1 is 1.11 bits per heavy atom. The van der Waals surface area contributed by atoms with Crippen molar-refractivity contribution in [2.24, 2.45) is 5.41 Å². The van der Waals surface area contributed by atoms with Crippen molar-refractivity contribution in [1.82, 2.24) is 10.2 Å². The SMILES string of the molecule is CC(C)(C)OC(=O)N1CCC2(CC1)CCN(c1ccc(NC3CCC(=O)NC3=O)c(CC(=O)O)c1)CC2. The number of carboxylic acid groups (broad SMARTS) is 1. The molecule has 202 valence electrons. The molecule has 0 aliphatic carbocycles. The van der Waals surface area contributed by atoms with Crippen molar-refractivity contribution in [3.8, 4) is 0 Å². The summed E-state index contributed by atoms with van der Waals surface area (Å²) in [6.45, 7) is 8.77. The van der Waals surface area contributed by atoms with E-state index in [1.165, 1.54) is 0 Å². The van der Waals surface area contributed by atoms with Gasteiger partial charge in [-0.05, 0) is 82.1 Å². The van der Waals surface area contributed by atoms with E-state index >= 15 is 0 Å². The first-order valence-corrected chi connectivity index (χ1v) is 13.1.